The fraction of sp³-hybridized carbons (Fsp3) is 0.200. The molecule has 3 amide bonds. The van der Waals surface area contributed by atoms with E-state index in [9.17, 15) is 36.7 Å². The van der Waals surface area contributed by atoms with Crippen molar-refractivity contribution in [2.45, 2.75) is 35.8 Å². The summed E-state index contributed by atoms with van der Waals surface area (Å²) in [4.78, 5) is 54.4. The van der Waals surface area contributed by atoms with E-state index >= 15 is 0 Å². The van der Waals surface area contributed by atoms with Crippen LogP contribution < -0.4 is 15.1 Å². The number of aryl methyl sites for hydroxylation is 1. The average molecular weight is 628 g/mol. The number of alkyl halides is 3. The van der Waals surface area contributed by atoms with Gasteiger partial charge in [0.2, 0.25) is 17.7 Å². The van der Waals surface area contributed by atoms with Crippen LogP contribution in [-0.2, 0) is 27.1 Å². The first-order valence-electron chi connectivity index (χ1n) is 13.0. The van der Waals surface area contributed by atoms with Crippen LogP contribution in [0.15, 0.2) is 82.6 Å². The van der Waals surface area contributed by atoms with Crippen LogP contribution in [0.5, 0.6) is 0 Å². The van der Waals surface area contributed by atoms with Gasteiger partial charge in [-0.05, 0) is 55.0 Å². The third-order valence-corrected chi connectivity index (χ3v) is 9.95. The number of carbonyl (C=O) groups is 3. The van der Waals surface area contributed by atoms with Gasteiger partial charge in [-0.2, -0.15) is 13.2 Å². The van der Waals surface area contributed by atoms with Gasteiger partial charge in [0.25, 0.3) is 0 Å². The van der Waals surface area contributed by atoms with Crippen molar-refractivity contribution in [3.05, 3.63) is 110 Å². The Hall–Kier alpha value is -4.23. The van der Waals surface area contributed by atoms with Crippen LogP contribution >= 0.6 is 23.1 Å². The third-order valence-electron chi connectivity index (χ3n) is 7.35. The molecule has 7 nitrogen and oxygen atoms in total. The van der Waals surface area contributed by atoms with E-state index in [0.717, 1.165) is 51.8 Å². The minimum Gasteiger partial charge on any atom is -0.325 e. The third kappa shape index (κ3) is 5.27. The minimum absolute atomic E-state index is 0.226. The molecule has 43 heavy (non-hydrogen) atoms. The number of anilines is 2. The number of imide groups is 1. The first-order valence-corrected chi connectivity index (χ1v) is 14.7. The Morgan fingerprint density at radius 3 is 2.33 bits per heavy atom. The molecular formula is C30H21F4N3O4S2. The Kier molecular flexibility index (Phi) is 7.25. The van der Waals surface area contributed by atoms with Gasteiger partial charge in [0, 0.05) is 16.5 Å². The summed E-state index contributed by atoms with van der Waals surface area (Å²) >= 11 is 1.74. The maximum atomic E-state index is 13.9. The number of rotatable bonds is 5. The Morgan fingerprint density at radius 2 is 1.65 bits per heavy atom. The number of aromatic nitrogens is 1. The summed E-state index contributed by atoms with van der Waals surface area (Å²) in [7, 11) is 0. The van der Waals surface area contributed by atoms with Crippen molar-refractivity contribution in [1.29, 1.82) is 0 Å². The average Bonchev–Trinajstić information content (AvgIpc) is 3.40. The molecule has 3 atom stereocenters. The minimum atomic E-state index is -4.70. The quantitative estimate of drug-likeness (QED) is 0.223. The molecule has 4 aromatic rings. The van der Waals surface area contributed by atoms with Gasteiger partial charge < -0.3 is 5.32 Å². The van der Waals surface area contributed by atoms with Gasteiger partial charge in [-0.3, -0.25) is 23.7 Å². The predicted octanol–water partition coefficient (Wildman–Crippen LogP) is 5.81. The Morgan fingerprint density at radius 1 is 0.953 bits per heavy atom. The van der Waals surface area contributed by atoms with Crippen molar-refractivity contribution >= 4 is 52.2 Å². The Balaban J connectivity index is 1.40. The van der Waals surface area contributed by atoms with Crippen LogP contribution in [0.4, 0.5) is 28.9 Å². The van der Waals surface area contributed by atoms with Crippen LogP contribution in [0.25, 0.3) is 0 Å². The number of hydrogen-bond acceptors (Lipinski definition) is 6. The highest BCUT2D eigenvalue weighted by Gasteiger charge is 2.57. The van der Waals surface area contributed by atoms with Crippen LogP contribution in [-0.4, -0.2) is 27.5 Å². The zero-order valence-corrected chi connectivity index (χ0v) is 23.9. The number of amides is 3. The van der Waals surface area contributed by atoms with Gasteiger partial charge in [0.15, 0.2) is 0 Å². The highest BCUT2D eigenvalue weighted by molar-refractivity contribution is 8.00. The van der Waals surface area contributed by atoms with Crippen molar-refractivity contribution in [2.24, 2.45) is 5.92 Å². The molecule has 6 rings (SSSR count). The smallest absolute Gasteiger partial charge is 0.325 e. The number of halogens is 4. The summed E-state index contributed by atoms with van der Waals surface area (Å²) in [6, 6.07) is 16.3. The lowest BCUT2D eigenvalue weighted by Gasteiger charge is -2.30. The van der Waals surface area contributed by atoms with Gasteiger partial charge in [0.1, 0.15) is 17.6 Å². The first kappa shape index (κ1) is 28.9. The monoisotopic (exact) mass is 627 g/mol. The number of fused-ring (bicyclic) bond motifs is 2. The second-order valence-corrected chi connectivity index (χ2v) is 12.3. The van der Waals surface area contributed by atoms with Crippen molar-refractivity contribution in [3.63, 3.8) is 0 Å². The van der Waals surface area contributed by atoms with Crippen molar-refractivity contribution in [3.8, 4) is 0 Å². The number of carbonyl (C=O) groups excluding carboxylic acids is 3. The van der Waals surface area contributed by atoms with Crippen LogP contribution in [0.2, 0.25) is 0 Å². The van der Waals surface area contributed by atoms with Gasteiger partial charge >= 0.3 is 11.0 Å². The van der Waals surface area contributed by atoms with E-state index in [1.165, 1.54) is 34.9 Å². The fourth-order valence-corrected chi connectivity index (χ4v) is 8.11. The Bertz CT molecular complexity index is 1820. The maximum absolute atomic E-state index is 13.9. The number of nitrogens with one attached hydrogen (secondary N) is 1. The number of thiazole rings is 1. The first-order chi connectivity index (χ1) is 20.4. The molecule has 0 bridgehead atoms. The fourth-order valence-electron chi connectivity index (χ4n) is 5.34. The second kappa shape index (κ2) is 10.8. The van der Waals surface area contributed by atoms with Crippen LogP contribution in [0.3, 0.4) is 0 Å². The molecule has 0 saturated carbocycles. The lowest BCUT2D eigenvalue weighted by atomic mass is 9.83. The summed E-state index contributed by atoms with van der Waals surface area (Å²) in [5, 5.41) is 1.93. The van der Waals surface area contributed by atoms with E-state index in [2.05, 4.69) is 5.32 Å². The van der Waals surface area contributed by atoms with Gasteiger partial charge in [-0.25, -0.2) is 9.29 Å². The number of hydrogen-bond donors (Lipinski definition) is 1. The number of nitrogens with zero attached hydrogens (tertiary/aromatic N) is 2. The molecule has 0 radical (unpaired) electrons. The molecule has 1 N–H and O–H groups in total. The molecule has 1 saturated heterocycles. The summed E-state index contributed by atoms with van der Waals surface area (Å²) in [6.45, 7) is 1.52. The molecule has 2 aliphatic rings. The molecule has 0 spiro atoms. The van der Waals surface area contributed by atoms with Gasteiger partial charge in [-0.15, -0.1) is 0 Å². The maximum Gasteiger partial charge on any atom is 0.416 e. The highest BCUT2D eigenvalue weighted by atomic mass is 32.2. The molecule has 0 aliphatic carbocycles. The molecule has 3 heterocycles. The van der Waals surface area contributed by atoms with Gasteiger partial charge in [-0.1, -0.05) is 59.0 Å². The summed E-state index contributed by atoms with van der Waals surface area (Å²) in [6.07, 6.45) is -4.70. The standard InChI is InChI=1S/C30H21F4N3O4S2/c1-15-5-11-19(12-6-15)35-21(38)14-36-28-25(43-29(36)41)22(16-7-9-18(31)10-8-16)23-24(42-28)27(40)37(26(23)39)20-4-2-3-17(13-20)30(32,33)34/h2-13,22-24H,14H2,1H3,(H,35,38)/t22-,23-,24+/m0/s1. The lowest BCUT2D eigenvalue weighted by molar-refractivity contribution is -0.137. The highest BCUT2D eigenvalue weighted by Crippen LogP contribution is 2.54. The van der Waals surface area contributed by atoms with Gasteiger partial charge in [0.05, 0.1) is 22.2 Å². The molecule has 2 aliphatic heterocycles. The van der Waals surface area contributed by atoms with E-state index in [1.807, 2.05) is 19.1 Å². The molecule has 0 unspecified atom stereocenters. The molecule has 1 fully saturated rings. The topological polar surface area (TPSA) is 88.5 Å². The number of benzene rings is 3. The molecular weight excluding hydrogens is 606 g/mol. The zero-order valence-electron chi connectivity index (χ0n) is 22.2. The van der Waals surface area contributed by atoms with Crippen molar-refractivity contribution in [1.82, 2.24) is 4.57 Å². The number of thioether (sulfide) groups is 1. The summed E-state index contributed by atoms with van der Waals surface area (Å²) in [5.41, 5.74) is 0.723. The van der Waals surface area contributed by atoms with Crippen LogP contribution in [0, 0.1) is 18.7 Å². The Labute approximate surface area is 250 Å². The molecule has 220 valence electrons. The predicted molar refractivity (Wildman–Crippen MR) is 154 cm³/mol. The van der Waals surface area contributed by atoms with Crippen molar-refractivity contribution in [2.75, 3.05) is 10.2 Å². The summed E-state index contributed by atoms with van der Waals surface area (Å²) in [5.74, 6) is -4.47. The SMILES string of the molecule is Cc1ccc(NC(=O)Cn2c3c(sc2=O)[C@@H](c2ccc(F)cc2)[C@@H]2C(=O)N(c4cccc(C(F)(F)F)c4)C(=O)[C@@H]2S3)cc1. The van der Waals surface area contributed by atoms with E-state index in [1.54, 1.807) is 12.1 Å². The van der Waals surface area contributed by atoms with E-state index in [0.29, 0.717) is 21.2 Å². The molecule has 3 aromatic carbocycles. The normalized spacial score (nSPS) is 19.7. The van der Waals surface area contributed by atoms with E-state index in [4.69, 9.17) is 0 Å². The lowest BCUT2D eigenvalue weighted by Crippen LogP contribution is -2.33. The van der Waals surface area contributed by atoms with E-state index < -0.39 is 57.2 Å². The van der Waals surface area contributed by atoms with Crippen LogP contribution in [0.1, 0.15) is 27.5 Å². The second-order valence-electron chi connectivity index (χ2n) is 10.2. The van der Waals surface area contributed by atoms with E-state index in [-0.39, 0.29) is 12.2 Å². The summed E-state index contributed by atoms with van der Waals surface area (Å²) < 4.78 is 55.5. The van der Waals surface area contributed by atoms with Crippen molar-refractivity contribution < 1.29 is 31.9 Å². The molecule has 1 aromatic heterocycles. The zero-order chi connectivity index (χ0) is 30.6. The largest absolute Gasteiger partial charge is 0.416 e. The molecule has 13 heteroatoms.